The van der Waals surface area contributed by atoms with Gasteiger partial charge in [0.2, 0.25) is 5.91 Å². The normalized spacial score (nSPS) is 27.9. The number of alkyl halides is 3. The highest BCUT2D eigenvalue weighted by molar-refractivity contribution is 5.78. The lowest BCUT2D eigenvalue weighted by Crippen LogP contribution is -2.48. The standard InChI is InChI=1S/C28H33F3N4O3/c29-28(30,31)21-3-1-18-6-9-34(13-20(18)11-21)16-27(36)33-24-14-35(22-7-10-37-17-22)15-26(24)38-25-4-2-19-5-8-32-12-23(19)25/h1,3,5,8,11-12,22,24-26H,2,4,6-7,9-10,13-17H2,(H,33,36)/t22?,24?,25?,26-/m0/s1. The molecule has 1 N–H and O–H groups in total. The summed E-state index contributed by atoms with van der Waals surface area (Å²) in [6.07, 6.45) is 2.57. The van der Waals surface area contributed by atoms with Crippen LogP contribution in [0, 0.1) is 0 Å². The monoisotopic (exact) mass is 530 g/mol. The Morgan fingerprint density at radius 3 is 2.84 bits per heavy atom. The molecule has 204 valence electrons. The minimum Gasteiger partial charge on any atom is -0.380 e. The number of fused-ring (bicyclic) bond motifs is 2. The third kappa shape index (κ3) is 5.45. The third-order valence-corrected chi connectivity index (χ3v) is 8.36. The van der Waals surface area contributed by atoms with E-state index in [1.54, 1.807) is 6.07 Å². The second-order valence-corrected chi connectivity index (χ2v) is 10.9. The van der Waals surface area contributed by atoms with Crippen LogP contribution in [0.2, 0.25) is 0 Å². The van der Waals surface area contributed by atoms with Crippen molar-refractivity contribution in [3.05, 3.63) is 64.5 Å². The molecule has 3 unspecified atom stereocenters. The lowest BCUT2D eigenvalue weighted by atomic mass is 9.97. The number of benzene rings is 1. The summed E-state index contributed by atoms with van der Waals surface area (Å²) < 4.78 is 51.8. The van der Waals surface area contributed by atoms with Crippen LogP contribution in [0.5, 0.6) is 0 Å². The number of carbonyl (C=O) groups is 1. The van der Waals surface area contributed by atoms with E-state index in [2.05, 4.69) is 15.2 Å². The number of rotatable bonds is 6. The topological polar surface area (TPSA) is 66.9 Å². The Kier molecular flexibility index (Phi) is 7.15. The zero-order chi connectivity index (χ0) is 26.3. The van der Waals surface area contributed by atoms with Crippen LogP contribution in [0.25, 0.3) is 0 Å². The SMILES string of the molecule is O=C(CN1CCc2ccc(C(F)(F)F)cc2C1)NC1CN(C2CCOC2)C[C@@H]1OC1CCc2ccncc21. The van der Waals surface area contributed by atoms with Crippen LogP contribution in [0.3, 0.4) is 0 Å². The van der Waals surface area contributed by atoms with E-state index in [0.717, 1.165) is 49.6 Å². The molecule has 4 heterocycles. The Morgan fingerprint density at radius 2 is 2.03 bits per heavy atom. The number of carbonyl (C=O) groups excluding carboxylic acids is 1. The fourth-order valence-corrected chi connectivity index (χ4v) is 6.32. The van der Waals surface area contributed by atoms with Gasteiger partial charge in [0.25, 0.3) is 0 Å². The number of pyridine rings is 1. The molecule has 1 aromatic carbocycles. The zero-order valence-corrected chi connectivity index (χ0v) is 21.3. The number of aryl methyl sites for hydroxylation is 1. The first-order valence-electron chi connectivity index (χ1n) is 13.4. The van der Waals surface area contributed by atoms with Crippen LogP contribution < -0.4 is 5.32 Å². The van der Waals surface area contributed by atoms with Crippen molar-refractivity contribution in [2.75, 3.05) is 39.4 Å². The van der Waals surface area contributed by atoms with E-state index in [1.165, 1.54) is 11.6 Å². The zero-order valence-electron chi connectivity index (χ0n) is 21.3. The van der Waals surface area contributed by atoms with Crippen molar-refractivity contribution in [3.8, 4) is 0 Å². The number of nitrogens with one attached hydrogen (secondary N) is 1. The van der Waals surface area contributed by atoms with Crippen LogP contribution in [-0.2, 0) is 39.8 Å². The van der Waals surface area contributed by atoms with Crippen molar-refractivity contribution in [2.24, 2.45) is 0 Å². The smallest absolute Gasteiger partial charge is 0.380 e. The summed E-state index contributed by atoms with van der Waals surface area (Å²) in [6.45, 7) is 3.95. The molecule has 1 aromatic heterocycles. The predicted molar refractivity (Wildman–Crippen MR) is 133 cm³/mol. The molecule has 7 nitrogen and oxygen atoms in total. The Hall–Kier alpha value is -2.53. The predicted octanol–water partition coefficient (Wildman–Crippen LogP) is 3.12. The van der Waals surface area contributed by atoms with Gasteiger partial charge in [-0.2, -0.15) is 13.2 Å². The number of likely N-dealkylation sites (tertiary alicyclic amines) is 1. The molecule has 1 aliphatic carbocycles. The molecule has 0 spiro atoms. The van der Waals surface area contributed by atoms with E-state index in [4.69, 9.17) is 9.47 Å². The van der Waals surface area contributed by atoms with Crippen molar-refractivity contribution in [2.45, 2.75) is 62.7 Å². The van der Waals surface area contributed by atoms with Crippen LogP contribution in [-0.4, -0.2) is 78.3 Å². The van der Waals surface area contributed by atoms with Gasteiger partial charge in [-0.05, 0) is 60.6 Å². The molecule has 0 radical (unpaired) electrons. The van der Waals surface area contributed by atoms with Crippen LogP contribution in [0.15, 0.2) is 36.7 Å². The number of aromatic nitrogens is 1. The lowest BCUT2D eigenvalue weighted by Gasteiger charge is -2.30. The Morgan fingerprint density at radius 1 is 1.13 bits per heavy atom. The summed E-state index contributed by atoms with van der Waals surface area (Å²) in [5.74, 6) is -0.128. The van der Waals surface area contributed by atoms with Gasteiger partial charge in [-0.3, -0.25) is 19.6 Å². The average Bonchev–Trinajstić information content (AvgIpc) is 3.64. The van der Waals surface area contributed by atoms with E-state index in [0.29, 0.717) is 44.3 Å². The highest BCUT2D eigenvalue weighted by atomic mass is 19.4. The number of amides is 1. The van der Waals surface area contributed by atoms with Gasteiger partial charge >= 0.3 is 6.18 Å². The van der Waals surface area contributed by atoms with Gasteiger partial charge in [-0.1, -0.05) is 6.07 Å². The number of hydrogen-bond acceptors (Lipinski definition) is 6. The summed E-state index contributed by atoms with van der Waals surface area (Å²) in [5.41, 5.74) is 3.31. The van der Waals surface area contributed by atoms with Crippen LogP contribution in [0.4, 0.5) is 13.2 Å². The Bertz CT molecular complexity index is 1170. The molecule has 6 rings (SSSR count). The second-order valence-electron chi connectivity index (χ2n) is 10.9. The van der Waals surface area contributed by atoms with Gasteiger partial charge in [-0.25, -0.2) is 0 Å². The summed E-state index contributed by atoms with van der Waals surface area (Å²) in [7, 11) is 0. The summed E-state index contributed by atoms with van der Waals surface area (Å²) in [5, 5.41) is 3.20. The van der Waals surface area contributed by atoms with Gasteiger partial charge in [0, 0.05) is 56.8 Å². The Labute approximate surface area is 220 Å². The van der Waals surface area contributed by atoms with E-state index in [9.17, 15) is 18.0 Å². The summed E-state index contributed by atoms with van der Waals surface area (Å²) in [4.78, 5) is 21.7. The molecule has 4 atom stereocenters. The molecule has 2 aromatic rings. The quantitative estimate of drug-likeness (QED) is 0.619. The average molecular weight is 531 g/mol. The minimum absolute atomic E-state index is 0.0377. The first-order chi connectivity index (χ1) is 18.3. The number of halogens is 3. The molecule has 3 aliphatic heterocycles. The number of ether oxygens (including phenoxy) is 2. The fourth-order valence-electron chi connectivity index (χ4n) is 6.32. The third-order valence-electron chi connectivity index (χ3n) is 8.36. The van der Waals surface area contributed by atoms with E-state index < -0.39 is 11.7 Å². The van der Waals surface area contributed by atoms with Crippen molar-refractivity contribution in [1.29, 1.82) is 0 Å². The molecule has 10 heteroatoms. The first-order valence-corrected chi connectivity index (χ1v) is 13.4. The number of nitrogens with zero attached hydrogens (tertiary/aromatic N) is 3. The van der Waals surface area contributed by atoms with Gasteiger partial charge in [-0.15, -0.1) is 0 Å². The van der Waals surface area contributed by atoms with E-state index >= 15 is 0 Å². The molecule has 0 saturated carbocycles. The van der Waals surface area contributed by atoms with Gasteiger partial charge < -0.3 is 14.8 Å². The molecule has 2 fully saturated rings. The first kappa shape index (κ1) is 25.7. The maximum Gasteiger partial charge on any atom is 0.416 e. The van der Waals surface area contributed by atoms with Crippen molar-refractivity contribution in [3.63, 3.8) is 0 Å². The van der Waals surface area contributed by atoms with E-state index in [-0.39, 0.29) is 30.7 Å². The fraction of sp³-hybridized carbons (Fsp3) is 0.571. The second kappa shape index (κ2) is 10.6. The van der Waals surface area contributed by atoms with Crippen molar-refractivity contribution < 1.29 is 27.4 Å². The van der Waals surface area contributed by atoms with Gasteiger partial charge in [0.05, 0.1) is 37.0 Å². The largest absolute Gasteiger partial charge is 0.416 e. The van der Waals surface area contributed by atoms with Crippen LogP contribution in [0.1, 0.15) is 46.8 Å². The molecule has 4 aliphatic rings. The molecule has 0 bridgehead atoms. The highest BCUT2D eigenvalue weighted by Gasteiger charge is 2.41. The maximum absolute atomic E-state index is 13.2. The molecule has 38 heavy (non-hydrogen) atoms. The molecular weight excluding hydrogens is 497 g/mol. The summed E-state index contributed by atoms with van der Waals surface area (Å²) >= 11 is 0. The molecule has 2 saturated heterocycles. The van der Waals surface area contributed by atoms with Gasteiger partial charge in [0.15, 0.2) is 0 Å². The number of hydrogen-bond donors (Lipinski definition) is 1. The Balaban J connectivity index is 1.11. The maximum atomic E-state index is 13.2. The van der Waals surface area contributed by atoms with E-state index in [1.807, 2.05) is 23.4 Å². The van der Waals surface area contributed by atoms with Crippen LogP contribution >= 0.6 is 0 Å². The van der Waals surface area contributed by atoms with Gasteiger partial charge in [0.1, 0.15) is 0 Å². The minimum atomic E-state index is -4.38. The lowest BCUT2D eigenvalue weighted by molar-refractivity contribution is -0.137. The van der Waals surface area contributed by atoms with Crippen molar-refractivity contribution >= 4 is 5.91 Å². The molecular formula is C28H33F3N4O3. The highest BCUT2D eigenvalue weighted by Crippen LogP contribution is 2.36. The molecule has 1 amide bonds. The van der Waals surface area contributed by atoms with Crippen molar-refractivity contribution in [1.82, 2.24) is 20.1 Å². The summed E-state index contributed by atoms with van der Waals surface area (Å²) in [6, 6.07) is 6.12.